The van der Waals surface area contributed by atoms with Crippen LogP contribution in [-0.4, -0.2) is 23.6 Å². The van der Waals surface area contributed by atoms with Gasteiger partial charge in [-0.3, -0.25) is 0 Å². The Morgan fingerprint density at radius 2 is 1.92 bits per heavy atom. The lowest BCUT2D eigenvalue weighted by molar-refractivity contribution is 0.233. The lowest BCUT2D eigenvalue weighted by Crippen LogP contribution is -2.57. The van der Waals surface area contributed by atoms with Crippen LogP contribution in [0.25, 0.3) is 0 Å². The van der Waals surface area contributed by atoms with Crippen molar-refractivity contribution in [3.8, 4) is 0 Å². The second kappa shape index (κ2) is 5.01. The minimum atomic E-state index is -0.546. The van der Waals surface area contributed by atoms with E-state index < -0.39 is 5.54 Å². The van der Waals surface area contributed by atoms with Gasteiger partial charge < -0.3 is 16.4 Å². The quantitative estimate of drug-likeness (QED) is 0.591. The van der Waals surface area contributed by atoms with Crippen LogP contribution in [-0.2, 0) is 0 Å². The number of urea groups is 1. The van der Waals surface area contributed by atoms with E-state index in [-0.39, 0.29) is 6.03 Å². The number of hydrogen-bond donors (Lipinski definition) is 3. The predicted molar refractivity (Wildman–Crippen MR) is 57.7 cm³/mol. The number of amides is 2. The van der Waals surface area contributed by atoms with Gasteiger partial charge in [0.1, 0.15) is 0 Å². The zero-order valence-electron chi connectivity index (χ0n) is 8.31. The number of nitrogens with one attached hydrogen (secondary N) is 2. The maximum absolute atomic E-state index is 11.1. The van der Waals surface area contributed by atoms with Crippen molar-refractivity contribution in [1.82, 2.24) is 10.6 Å². The van der Waals surface area contributed by atoms with Gasteiger partial charge >= 0.3 is 6.03 Å². The molecule has 0 radical (unpaired) electrons. The molecule has 0 aliphatic heterocycles. The Balaban J connectivity index is 4.57. The van der Waals surface area contributed by atoms with Gasteiger partial charge in [-0.25, -0.2) is 4.79 Å². The lowest BCUT2D eigenvalue weighted by atomic mass is 9.93. The summed E-state index contributed by atoms with van der Waals surface area (Å²) in [5.74, 6) is 0. The molecule has 0 saturated heterocycles. The first-order valence-corrected chi connectivity index (χ1v) is 4.73. The zero-order valence-corrected chi connectivity index (χ0v) is 9.12. The van der Waals surface area contributed by atoms with Crippen LogP contribution in [0.5, 0.6) is 0 Å². The molecular formula is C8H17N3OS. The van der Waals surface area contributed by atoms with Gasteiger partial charge in [0.25, 0.3) is 0 Å². The molecule has 5 heteroatoms. The summed E-state index contributed by atoms with van der Waals surface area (Å²) in [5.41, 5.74) is 5.04. The summed E-state index contributed by atoms with van der Waals surface area (Å²) in [4.78, 5) is 11.4. The Morgan fingerprint density at radius 1 is 1.46 bits per heavy atom. The summed E-state index contributed by atoms with van der Waals surface area (Å²) < 4.78 is 0. The van der Waals surface area contributed by atoms with Crippen LogP contribution in [0, 0.1) is 0 Å². The van der Waals surface area contributed by atoms with Gasteiger partial charge in [0.15, 0.2) is 0 Å². The molecule has 0 heterocycles. The second-order valence-electron chi connectivity index (χ2n) is 2.86. The van der Waals surface area contributed by atoms with Crippen molar-refractivity contribution in [2.45, 2.75) is 32.2 Å². The van der Waals surface area contributed by atoms with E-state index in [0.29, 0.717) is 17.8 Å². The minimum absolute atomic E-state index is 0.253. The van der Waals surface area contributed by atoms with Crippen LogP contribution in [0.3, 0.4) is 0 Å². The third-order valence-electron chi connectivity index (χ3n) is 2.26. The number of carbonyl (C=O) groups excluding carboxylic acids is 1. The van der Waals surface area contributed by atoms with E-state index in [2.05, 4.69) is 10.6 Å². The Hall–Kier alpha value is -0.840. The minimum Gasteiger partial charge on any atom is -0.391 e. The molecule has 0 unspecified atom stereocenters. The van der Waals surface area contributed by atoms with E-state index in [0.717, 1.165) is 0 Å². The maximum Gasteiger partial charge on any atom is 0.315 e. The van der Waals surface area contributed by atoms with Crippen LogP contribution in [0.4, 0.5) is 4.79 Å². The maximum atomic E-state index is 11.1. The molecule has 0 bridgehead atoms. The Morgan fingerprint density at radius 3 is 2.15 bits per heavy atom. The number of thiocarbonyl (C=S) groups is 1. The van der Waals surface area contributed by atoms with Crippen molar-refractivity contribution in [3.63, 3.8) is 0 Å². The molecular weight excluding hydrogens is 186 g/mol. The molecule has 0 aliphatic rings. The molecule has 0 spiro atoms. The summed E-state index contributed by atoms with van der Waals surface area (Å²) in [7, 11) is 1.56. The third kappa shape index (κ3) is 2.84. The van der Waals surface area contributed by atoms with Gasteiger partial charge in [-0.05, 0) is 12.8 Å². The molecule has 4 N–H and O–H groups in total. The van der Waals surface area contributed by atoms with Crippen molar-refractivity contribution >= 4 is 23.2 Å². The van der Waals surface area contributed by atoms with Crippen molar-refractivity contribution in [1.29, 1.82) is 0 Å². The summed E-state index contributed by atoms with van der Waals surface area (Å²) in [5, 5.41) is 5.24. The molecule has 0 aliphatic carbocycles. The average Bonchev–Trinajstić information content (AvgIpc) is 2.13. The average molecular weight is 203 g/mol. The molecule has 2 amide bonds. The highest BCUT2D eigenvalue weighted by Gasteiger charge is 2.30. The van der Waals surface area contributed by atoms with E-state index in [1.54, 1.807) is 7.05 Å². The first kappa shape index (κ1) is 12.2. The predicted octanol–water partition coefficient (Wildman–Crippen LogP) is 0.760. The monoisotopic (exact) mass is 203 g/mol. The van der Waals surface area contributed by atoms with E-state index >= 15 is 0 Å². The fourth-order valence-corrected chi connectivity index (χ4v) is 1.46. The van der Waals surface area contributed by atoms with E-state index in [1.165, 1.54) is 0 Å². The molecule has 0 fully saturated rings. The number of hydrogen-bond acceptors (Lipinski definition) is 2. The van der Waals surface area contributed by atoms with Gasteiger partial charge in [0, 0.05) is 7.05 Å². The van der Waals surface area contributed by atoms with Crippen LogP contribution in [0.2, 0.25) is 0 Å². The van der Waals surface area contributed by atoms with E-state index in [9.17, 15) is 4.79 Å². The van der Waals surface area contributed by atoms with Crippen LogP contribution >= 0.6 is 12.2 Å². The van der Waals surface area contributed by atoms with Crippen LogP contribution in [0.15, 0.2) is 0 Å². The number of rotatable bonds is 4. The van der Waals surface area contributed by atoms with Crippen molar-refractivity contribution < 1.29 is 4.79 Å². The van der Waals surface area contributed by atoms with Gasteiger partial charge in [-0.2, -0.15) is 0 Å². The highest BCUT2D eigenvalue weighted by molar-refractivity contribution is 7.80. The number of carbonyl (C=O) groups is 1. The molecule has 0 saturated carbocycles. The SMILES string of the molecule is CCC(CC)(NC(=O)NC)C(N)=S. The molecule has 0 aromatic rings. The largest absolute Gasteiger partial charge is 0.391 e. The summed E-state index contributed by atoms with van der Waals surface area (Å²) >= 11 is 4.93. The lowest BCUT2D eigenvalue weighted by Gasteiger charge is -2.31. The summed E-state index contributed by atoms with van der Waals surface area (Å²) in [6.45, 7) is 3.89. The van der Waals surface area contributed by atoms with Crippen molar-refractivity contribution in [2.24, 2.45) is 5.73 Å². The van der Waals surface area contributed by atoms with Gasteiger partial charge in [0.05, 0.1) is 10.5 Å². The van der Waals surface area contributed by atoms with Crippen LogP contribution in [0.1, 0.15) is 26.7 Å². The fourth-order valence-electron chi connectivity index (χ4n) is 1.12. The van der Waals surface area contributed by atoms with Gasteiger partial charge in [-0.1, -0.05) is 26.1 Å². The molecule has 0 rings (SSSR count). The van der Waals surface area contributed by atoms with Gasteiger partial charge in [-0.15, -0.1) is 0 Å². The topological polar surface area (TPSA) is 67.2 Å². The normalized spacial score (nSPS) is 10.7. The summed E-state index contributed by atoms with van der Waals surface area (Å²) in [6.07, 6.45) is 1.40. The Kier molecular flexibility index (Phi) is 4.69. The third-order valence-corrected chi connectivity index (χ3v) is 2.65. The number of nitrogens with two attached hydrogens (primary N) is 1. The molecule has 0 atom stereocenters. The standard InChI is InChI=1S/C8H17N3OS/c1-4-8(5-2,6(9)13)11-7(12)10-3/h4-5H2,1-3H3,(H2,9,13)(H2,10,11,12). The molecule has 76 valence electrons. The highest BCUT2D eigenvalue weighted by atomic mass is 32.1. The Bertz CT molecular complexity index is 202. The second-order valence-corrected chi connectivity index (χ2v) is 3.30. The molecule has 13 heavy (non-hydrogen) atoms. The van der Waals surface area contributed by atoms with E-state index in [4.69, 9.17) is 18.0 Å². The molecule has 0 aromatic carbocycles. The smallest absolute Gasteiger partial charge is 0.315 e. The van der Waals surface area contributed by atoms with Crippen LogP contribution < -0.4 is 16.4 Å². The fraction of sp³-hybridized carbons (Fsp3) is 0.750. The summed E-state index contributed by atoms with van der Waals surface area (Å²) in [6, 6.07) is -0.253. The highest BCUT2D eigenvalue weighted by Crippen LogP contribution is 2.15. The molecule has 0 aromatic heterocycles. The first-order chi connectivity index (χ1) is 6.02. The first-order valence-electron chi connectivity index (χ1n) is 4.32. The van der Waals surface area contributed by atoms with Gasteiger partial charge in [0.2, 0.25) is 0 Å². The van der Waals surface area contributed by atoms with E-state index in [1.807, 2.05) is 13.8 Å². The molecule has 4 nitrogen and oxygen atoms in total. The Labute approximate surface area is 84.3 Å². The zero-order chi connectivity index (χ0) is 10.5. The van der Waals surface area contributed by atoms with Crippen molar-refractivity contribution in [2.75, 3.05) is 7.05 Å². The van der Waals surface area contributed by atoms with Crippen molar-refractivity contribution in [3.05, 3.63) is 0 Å².